The van der Waals surface area contributed by atoms with Crippen molar-refractivity contribution >= 4 is 11.9 Å². The maximum Gasteiger partial charge on any atom is 0.280 e. The van der Waals surface area contributed by atoms with Gasteiger partial charge in [0.05, 0.1) is 30.5 Å². The molecule has 3 aromatic rings. The summed E-state index contributed by atoms with van der Waals surface area (Å²) in [5.41, 5.74) is 7.07. The van der Waals surface area contributed by atoms with E-state index in [1.807, 2.05) is 6.92 Å². The molecule has 35 heavy (non-hydrogen) atoms. The SMILES string of the molecule is CCN(C(=O)COc1nc(N)nc(-c2ccc(F)cc2)c1-c1cc(C)nc(C(F)F)c1)C1COC1. The topological polar surface area (TPSA) is 103 Å². The Kier molecular flexibility index (Phi) is 7.15. The summed E-state index contributed by atoms with van der Waals surface area (Å²) in [6, 6.07) is 8.19. The van der Waals surface area contributed by atoms with Gasteiger partial charge >= 0.3 is 0 Å². The minimum Gasteiger partial charge on any atom is -0.467 e. The molecule has 1 amide bonds. The molecule has 1 aromatic carbocycles. The summed E-state index contributed by atoms with van der Waals surface area (Å²) < 4.78 is 51.6. The third kappa shape index (κ3) is 5.35. The lowest BCUT2D eigenvalue weighted by Gasteiger charge is -2.36. The lowest BCUT2D eigenvalue weighted by Crippen LogP contribution is -2.52. The number of amides is 1. The molecule has 2 aromatic heterocycles. The molecule has 0 saturated carbocycles. The highest BCUT2D eigenvalue weighted by atomic mass is 19.3. The van der Waals surface area contributed by atoms with Crippen LogP contribution in [-0.2, 0) is 9.53 Å². The van der Waals surface area contributed by atoms with Crippen LogP contribution in [0.4, 0.5) is 19.1 Å². The van der Waals surface area contributed by atoms with E-state index in [0.29, 0.717) is 36.6 Å². The number of anilines is 1. The van der Waals surface area contributed by atoms with Gasteiger partial charge in [-0.3, -0.25) is 9.78 Å². The number of pyridine rings is 1. The van der Waals surface area contributed by atoms with E-state index >= 15 is 0 Å². The molecule has 0 bridgehead atoms. The highest BCUT2D eigenvalue weighted by Gasteiger charge is 2.29. The smallest absolute Gasteiger partial charge is 0.280 e. The van der Waals surface area contributed by atoms with E-state index in [0.717, 1.165) is 0 Å². The molecule has 3 heterocycles. The van der Waals surface area contributed by atoms with Gasteiger partial charge in [-0.05, 0) is 55.8 Å². The second kappa shape index (κ2) is 10.3. The van der Waals surface area contributed by atoms with Gasteiger partial charge in [0.25, 0.3) is 12.3 Å². The van der Waals surface area contributed by atoms with Crippen LogP contribution in [0.2, 0.25) is 0 Å². The molecule has 2 N–H and O–H groups in total. The highest BCUT2D eigenvalue weighted by molar-refractivity contribution is 5.85. The Morgan fingerprint density at radius 2 is 1.89 bits per heavy atom. The number of halogens is 3. The van der Waals surface area contributed by atoms with Gasteiger partial charge in [0.2, 0.25) is 11.8 Å². The number of likely N-dealkylation sites (N-methyl/N-ethyl adjacent to an activating group) is 1. The molecule has 1 aliphatic rings. The fourth-order valence-electron chi connectivity index (χ4n) is 3.84. The van der Waals surface area contributed by atoms with E-state index in [1.165, 1.54) is 30.3 Å². The largest absolute Gasteiger partial charge is 0.467 e. The van der Waals surface area contributed by atoms with Crippen LogP contribution in [-0.4, -0.2) is 58.2 Å². The molecule has 1 saturated heterocycles. The zero-order chi connectivity index (χ0) is 25.1. The second-order valence-electron chi connectivity index (χ2n) is 8.00. The standard InChI is InChI=1S/C24H24F3N5O3/c1-3-32(17-10-34-11-17)19(33)12-35-23-20(15-8-13(2)29-18(9-15)22(26)27)21(30-24(28)31-23)14-4-6-16(25)7-5-14/h4-9,17,22H,3,10-12H2,1-2H3,(H2,28,30,31). The second-order valence-corrected chi connectivity index (χ2v) is 8.00. The first-order valence-corrected chi connectivity index (χ1v) is 11.0. The number of nitrogens with zero attached hydrogens (tertiary/aromatic N) is 4. The van der Waals surface area contributed by atoms with E-state index in [9.17, 15) is 18.0 Å². The average Bonchev–Trinajstić information content (AvgIpc) is 2.79. The maximum atomic E-state index is 13.6. The molecule has 0 radical (unpaired) electrons. The third-order valence-corrected chi connectivity index (χ3v) is 5.55. The third-order valence-electron chi connectivity index (χ3n) is 5.55. The summed E-state index contributed by atoms with van der Waals surface area (Å²) >= 11 is 0. The minimum absolute atomic E-state index is 0.0303. The molecule has 0 aliphatic carbocycles. The van der Waals surface area contributed by atoms with Crippen molar-refractivity contribution in [1.82, 2.24) is 19.9 Å². The maximum absolute atomic E-state index is 13.6. The minimum atomic E-state index is -2.81. The van der Waals surface area contributed by atoms with Crippen LogP contribution < -0.4 is 10.5 Å². The fourth-order valence-corrected chi connectivity index (χ4v) is 3.84. The Morgan fingerprint density at radius 1 is 1.17 bits per heavy atom. The highest BCUT2D eigenvalue weighted by Crippen LogP contribution is 2.39. The van der Waals surface area contributed by atoms with Gasteiger partial charge in [-0.15, -0.1) is 0 Å². The number of nitrogen functional groups attached to an aromatic ring is 1. The van der Waals surface area contributed by atoms with Crippen LogP contribution in [0.5, 0.6) is 5.88 Å². The molecule has 0 spiro atoms. The number of aryl methyl sites for hydroxylation is 1. The quantitative estimate of drug-likeness (QED) is 0.516. The number of nitrogens with two attached hydrogens (primary N) is 1. The zero-order valence-electron chi connectivity index (χ0n) is 19.2. The van der Waals surface area contributed by atoms with Crippen molar-refractivity contribution in [3.8, 4) is 28.3 Å². The van der Waals surface area contributed by atoms with Crippen molar-refractivity contribution < 1.29 is 27.4 Å². The van der Waals surface area contributed by atoms with Gasteiger partial charge in [-0.2, -0.15) is 4.98 Å². The number of carbonyl (C=O) groups excluding carboxylic acids is 1. The Bertz CT molecular complexity index is 1220. The van der Waals surface area contributed by atoms with Gasteiger partial charge in [-0.1, -0.05) is 0 Å². The molecule has 1 aliphatic heterocycles. The van der Waals surface area contributed by atoms with Crippen molar-refractivity contribution in [2.45, 2.75) is 26.3 Å². The lowest BCUT2D eigenvalue weighted by atomic mass is 9.99. The van der Waals surface area contributed by atoms with E-state index in [-0.39, 0.29) is 41.6 Å². The summed E-state index contributed by atoms with van der Waals surface area (Å²) in [6.07, 6.45) is -2.81. The van der Waals surface area contributed by atoms with Gasteiger partial charge in [-0.25, -0.2) is 18.2 Å². The van der Waals surface area contributed by atoms with Crippen LogP contribution in [0, 0.1) is 12.7 Å². The van der Waals surface area contributed by atoms with E-state index in [4.69, 9.17) is 15.2 Å². The molecule has 8 nitrogen and oxygen atoms in total. The number of rotatable bonds is 8. The Balaban J connectivity index is 1.80. The van der Waals surface area contributed by atoms with E-state index in [2.05, 4.69) is 15.0 Å². The van der Waals surface area contributed by atoms with E-state index in [1.54, 1.807) is 17.9 Å². The normalized spacial score (nSPS) is 13.5. The predicted molar refractivity (Wildman–Crippen MR) is 122 cm³/mol. The molecule has 0 atom stereocenters. The first-order valence-electron chi connectivity index (χ1n) is 11.0. The van der Waals surface area contributed by atoms with Gasteiger partial charge in [0.1, 0.15) is 11.5 Å². The number of benzene rings is 1. The molecule has 184 valence electrons. The number of alkyl halides is 2. The van der Waals surface area contributed by atoms with Crippen molar-refractivity contribution in [2.24, 2.45) is 0 Å². The van der Waals surface area contributed by atoms with Gasteiger partial charge in [0.15, 0.2) is 6.61 Å². The van der Waals surface area contributed by atoms with Crippen LogP contribution in [0.15, 0.2) is 36.4 Å². The van der Waals surface area contributed by atoms with Crippen molar-refractivity contribution in [2.75, 3.05) is 32.1 Å². The summed E-state index contributed by atoms with van der Waals surface area (Å²) in [5, 5.41) is 0. The van der Waals surface area contributed by atoms with Crippen molar-refractivity contribution in [3.05, 3.63) is 53.6 Å². The van der Waals surface area contributed by atoms with Crippen molar-refractivity contribution in [1.29, 1.82) is 0 Å². The molecular weight excluding hydrogens is 463 g/mol. The summed E-state index contributed by atoms with van der Waals surface area (Å²) in [4.78, 5) is 26.8. The molecule has 11 heteroatoms. The van der Waals surface area contributed by atoms with E-state index < -0.39 is 17.9 Å². The average molecular weight is 487 g/mol. The summed E-state index contributed by atoms with van der Waals surface area (Å²) in [7, 11) is 0. The van der Waals surface area contributed by atoms with Crippen molar-refractivity contribution in [3.63, 3.8) is 0 Å². The summed E-state index contributed by atoms with van der Waals surface area (Å²) in [6.45, 7) is 4.44. The van der Waals surface area contributed by atoms with Gasteiger partial charge < -0.3 is 20.1 Å². The Morgan fingerprint density at radius 3 is 2.49 bits per heavy atom. The predicted octanol–water partition coefficient (Wildman–Crippen LogP) is 3.80. The number of ether oxygens (including phenoxy) is 2. The number of hydrogen-bond donors (Lipinski definition) is 1. The Labute approximate surface area is 199 Å². The van der Waals surface area contributed by atoms with Crippen LogP contribution in [0.1, 0.15) is 24.7 Å². The number of aromatic nitrogens is 3. The first kappa shape index (κ1) is 24.4. The molecular formula is C24H24F3N5O3. The monoisotopic (exact) mass is 487 g/mol. The fraction of sp³-hybridized carbons (Fsp3) is 0.333. The van der Waals surface area contributed by atoms with Crippen LogP contribution in [0.25, 0.3) is 22.4 Å². The first-order chi connectivity index (χ1) is 16.8. The number of hydrogen-bond acceptors (Lipinski definition) is 7. The molecule has 4 rings (SSSR count). The zero-order valence-corrected chi connectivity index (χ0v) is 19.2. The van der Waals surface area contributed by atoms with Crippen LogP contribution in [0.3, 0.4) is 0 Å². The molecule has 1 fully saturated rings. The van der Waals surface area contributed by atoms with Gasteiger partial charge in [0, 0.05) is 17.8 Å². The lowest BCUT2D eigenvalue weighted by molar-refractivity contribution is -0.146. The molecule has 0 unspecified atom stereocenters. The number of carbonyl (C=O) groups is 1. The Hall–Kier alpha value is -3.73. The van der Waals surface area contributed by atoms with Crippen LogP contribution >= 0.6 is 0 Å². The summed E-state index contributed by atoms with van der Waals surface area (Å²) in [5.74, 6) is -0.961.